The Kier molecular flexibility index (Phi) is 6.02. The molecular weight excluding hydrogens is 344 g/mol. The fourth-order valence-electron chi connectivity index (χ4n) is 2.61. The van der Waals surface area contributed by atoms with E-state index in [9.17, 15) is 9.59 Å². The van der Waals surface area contributed by atoms with Gasteiger partial charge in [-0.25, -0.2) is 0 Å². The molecule has 0 unspecified atom stereocenters. The van der Waals surface area contributed by atoms with E-state index in [-0.39, 0.29) is 25.0 Å². The monoisotopic (exact) mass is 364 g/mol. The SMILES string of the molecule is COCC(=O)Nc1cccc(NC(=O)COc2ccc3ccccc3c2)c1. The predicted molar refractivity (Wildman–Crippen MR) is 105 cm³/mol. The van der Waals surface area contributed by atoms with Crippen molar-refractivity contribution >= 4 is 34.0 Å². The van der Waals surface area contributed by atoms with Crippen LogP contribution in [-0.2, 0) is 14.3 Å². The fourth-order valence-corrected chi connectivity index (χ4v) is 2.61. The molecule has 2 N–H and O–H groups in total. The van der Waals surface area contributed by atoms with Gasteiger partial charge in [0.05, 0.1) is 0 Å². The molecular formula is C21H20N2O4. The highest BCUT2D eigenvalue weighted by atomic mass is 16.5. The van der Waals surface area contributed by atoms with Crippen LogP contribution in [0.15, 0.2) is 66.7 Å². The van der Waals surface area contributed by atoms with Crippen molar-refractivity contribution in [2.45, 2.75) is 0 Å². The van der Waals surface area contributed by atoms with Crippen LogP contribution in [0.25, 0.3) is 10.8 Å². The number of rotatable bonds is 7. The van der Waals surface area contributed by atoms with Gasteiger partial charge in [0.15, 0.2) is 6.61 Å². The largest absolute Gasteiger partial charge is 0.484 e. The Labute approximate surface area is 157 Å². The van der Waals surface area contributed by atoms with Crippen molar-refractivity contribution in [1.82, 2.24) is 0 Å². The summed E-state index contributed by atoms with van der Waals surface area (Å²) in [5, 5.41) is 7.60. The van der Waals surface area contributed by atoms with E-state index in [1.54, 1.807) is 24.3 Å². The van der Waals surface area contributed by atoms with Gasteiger partial charge in [0, 0.05) is 18.5 Å². The first-order chi connectivity index (χ1) is 13.1. The molecule has 0 aliphatic rings. The molecule has 27 heavy (non-hydrogen) atoms. The van der Waals surface area contributed by atoms with Gasteiger partial charge in [-0.05, 0) is 41.1 Å². The number of carbonyl (C=O) groups is 2. The lowest BCUT2D eigenvalue weighted by Crippen LogP contribution is -2.20. The second-order valence-corrected chi connectivity index (χ2v) is 5.91. The van der Waals surface area contributed by atoms with Gasteiger partial charge in [-0.1, -0.05) is 36.4 Å². The Morgan fingerprint density at radius 1 is 0.778 bits per heavy atom. The average Bonchev–Trinajstić information content (AvgIpc) is 2.66. The van der Waals surface area contributed by atoms with Crippen LogP contribution < -0.4 is 15.4 Å². The molecule has 138 valence electrons. The Balaban J connectivity index is 1.56. The number of carbonyl (C=O) groups excluding carboxylic acids is 2. The molecule has 0 fully saturated rings. The molecule has 0 aromatic heterocycles. The Bertz CT molecular complexity index is 956. The molecule has 0 spiro atoms. The number of hydrogen-bond acceptors (Lipinski definition) is 4. The van der Waals surface area contributed by atoms with Crippen LogP contribution in [0.2, 0.25) is 0 Å². The number of hydrogen-bond donors (Lipinski definition) is 2. The second-order valence-electron chi connectivity index (χ2n) is 5.91. The lowest BCUT2D eigenvalue weighted by molar-refractivity contribution is -0.119. The summed E-state index contributed by atoms with van der Waals surface area (Å²) in [6, 6.07) is 20.5. The van der Waals surface area contributed by atoms with Crippen LogP contribution in [-0.4, -0.2) is 32.1 Å². The molecule has 6 nitrogen and oxygen atoms in total. The first kappa shape index (κ1) is 18.4. The summed E-state index contributed by atoms with van der Waals surface area (Å²) in [6.07, 6.45) is 0. The van der Waals surface area contributed by atoms with Crippen molar-refractivity contribution in [3.63, 3.8) is 0 Å². The number of anilines is 2. The number of nitrogens with one attached hydrogen (secondary N) is 2. The quantitative estimate of drug-likeness (QED) is 0.673. The van der Waals surface area contributed by atoms with E-state index in [4.69, 9.17) is 9.47 Å². The van der Waals surface area contributed by atoms with E-state index in [0.29, 0.717) is 17.1 Å². The lowest BCUT2D eigenvalue weighted by atomic mass is 10.1. The van der Waals surface area contributed by atoms with Gasteiger partial charge in [0.25, 0.3) is 5.91 Å². The number of fused-ring (bicyclic) bond motifs is 1. The first-order valence-corrected chi connectivity index (χ1v) is 8.44. The average molecular weight is 364 g/mol. The maximum Gasteiger partial charge on any atom is 0.262 e. The van der Waals surface area contributed by atoms with Crippen LogP contribution in [0.5, 0.6) is 5.75 Å². The third-order valence-corrected chi connectivity index (χ3v) is 3.80. The van der Waals surface area contributed by atoms with Gasteiger partial charge < -0.3 is 20.1 Å². The molecule has 0 heterocycles. The lowest BCUT2D eigenvalue weighted by Gasteiger charge is -2.10. The highest BCUT2D eigenvalue weighted by Crippen LogP contribution is 2.20. The third kappa shape index (κ3) is 5.29. The summed E-state index contributed by atoms with van der Waals surface area (Å²) in [6.45, 7) is -0.144. The summed E-state index contributed by atoms with van der Waals surface area (Å²) in [5.41, 5.74) is 1.14. The van der Waals surface area contributed by atoms with E-state index < -0.39 is 0 Å². The molecule has 0 saturated carbocycles. The molecule has 6 heteroatoms. The highest BCUT2D eigenvalue weighted by Gasteiger charge is 2.06. The molecule has 0 aliphatic heterocycles. The van der Waals surface area contributed by atoms with Crippen LogP contribution in [0.3, 0.4) is 0 Å². The number of benzene rings is 3. The van der Waals surface area contributed by atoms with Crippen molar-refractivity contribution < 1.29 is 19.1 Å². The molecule has 3 aromatic carbocycles. The topological polar surface area (TPSA) is 76.7 Å². The van der Waals surface area contributed by atoms with E-state index >= 15 is 0 Å². The normalized spacial score (nSPS) is 10.4. The standard InChI is InChI=1S/C21H20N2O4/c1-26-13-20(24)22-17-7-4-8-18(12-17)23-21(25)14-27-19-10-9-15-5-2-3-6-16(15)11-19/h2-12H,13-14H2,1H3,(H,22,24)(H,23,25). The number of ether oxygens (including phenoxy) is 2. The molecule has 2 amide bonds. The minimum atomic E-state index is -0.288. The molecule has 0 radical (unpaired) electrons. The zero-order valence-corrected chi connectivity index (χ0v) is 14.9. The van der Waals surface area contributed by atoms with Crippen molar-refractivity contribution in [2.75, 3.05) is 31.0 Å². The van der Waals surface area contributed by atoms with E-state index in [0.717, 1.165) is 10.8 Å². The van der Waals surface area contributed by atoms with Gasteiger partial charge in [-0.15, -0.1) is 0 Å². The van der Waals surface area contributed by atoms with Crippen LogP contribution in [0.4, 0.5) is 11.4 Å². The zero-order chi connectivity index (χ0) is 19.1. The summed E-state index contributed by atoms with van der Waals surface area (Å²) in [7, 11) is 1.45. The maximum absolute atomic E-state index is 12.1. The third-order valence-electron chi connectivity index (χ3n) is 3.80. The van der Waals surface area contributed by atoms with Crippen LogP contribution in [0.1, 0.15) is 0 Å². The fraction of sp³-hybridized carbons (Fsp3) is 0.143. The van der Waals surface area contributed by atoms with Gasteiger partial charge in [0.1, 0.15) is 12.4 Å². The van der Waals surface area contributed by atoms with Crippen LogP contribution >= 0.6 is 0 Å². The summed E-state index contributed by atoms with van der Waals surface area (Å²) < 4.78 is 10.3. The summed E-state index contributed by atoms with van der Waals surface area (Å²) >= 11 is 0. The summed E-state index contributed by atoms with van der Waals surface area (Å²) in [5.74, 6) is 0.0774. The molecule has 0 saturated heterocycles. The van der Waals surface area contributed by atoms with Gasteiger partial charge in [-0.2, -0.15) is 0 Å². The molecule has 0 aliphatic carbocycles. The van der Waals surface area contributed by atoms with Crippen molar-refractivity contribution in [3.8, 4) is 5.75 Å². The minimum absolute atomic E-state index is 0.0316. The Hall–Kier alpha value is -3.38. The van der Waals surface area contributed by atoms with E-state index in [1.807, 2.05) is 42.5 Å². The second kappa shape index (κ2) is 8.82. The summed E-state index contributed by atoms with van der Waals surface area (Å²) in [4.78, 5) is 23.7. The first-order valence-electron chi connectivity index (χ1n) is 8.44. The van der Waals surface area contributed by atoms with Crippen molar-refractivity contribution in [3.05, 3.63) is 66.7 Å². The molecule has 3 rings (SSSR count). The Morgan fingerprint density at radius 2 is 1.44 bits per heavy atom. The van der Waals surface area contributed by atoms with E-state index in [1.165, 1.54) is 7.11 Å². The predicted octanol–water partition coefficient (Wildman–Crippen LogP) is 3.44. The van der Waals surface area contributed by atoms with E-state index in [2.05, 4.69) is 10.6 Å². The molecule has 0 atom stereocenters. The Morgan fingerprint density at radius 3 is 2.15 bits per heavy atom. The number of methoxy groups -OCH3 is 1. The van der Waals surface area contributed by atoms with Gasteiger partial charge >= 0.3 is 0 Å². The highest BCUT2D eigenvalue weighted by molar-refractivity contribution is 5.95. The molecule has 0 bridgehead atoms. The van der Waals surface area contributed by atoms with Gasteiger partial charge in [0.2, 0.25) is 5.91 Å². The smallest absolute Gasteiger partial charge is 0.262 e. The molecule has 3 aromatic rings. The minimum Gasteiger partial charge on any atom is -0.484 e. The number of amides is 2. The van der Waals surface area contributed by atoms with Crippen molar-refractivity contribution in [2.24, 2.45) is 0 Å². The van der Waals surface area contributed by atoms with Gasteiger partial charge in [-0.3, -0.25) is 9.59 Å². The zero-order valence-electron chi connectivity index (χ0n) is 14.9. The van der Waals surface area contributed by atoms with Crippen molar-refractivity contribution in [1.29, 1.82) is 0 Å². The van der Waals surface area contributed by atoms with Crippen LogP contribution in [0, 0.1) is 0 Å². The maximum atomic E-state index is 12.1.